The van der Waals surface area contributed by atoms with Crippen LogP contribution in [0, 0.1) is 0 Å². The van der Waals surface area contributed by atoms with E-state index < -0.39 is 0 Å². The van der Waals surface area contributed by atoms with Crippen LogP contribution in [-0.4, -0.2) is 57.9 Å². The molecule has 1 amide bonds. The zero-order valence-electron chi connectivity index (χ0n) is 18.9. The molecule has 170 valence electrons. The number of hydrogen-bond donors (Lipinski definition) is 0. The summed E-state index contributed by atoms with van der Waals surface area (Å²) in [5.41, 5.74) is 2.10. The molecule has 0 radical (unpaired) electrons. The summed E-state index contributed by atoms with van der Waals surface area (Å²) in [6.07, 6.45) is 2.11. The van der Waals surface area contributed by atoms with E-state index in [0.717, 1.165) is 24.5 Å². The van der Waals surface area contributed by atoms with Crippen LogP contribution in [0.3, 0.4) is 0 Å². The number of piperazine rings is 1. The van der Waals surface area contributed by atoms with Crippen LogP contribution in [0.25, 0.3) is 4.96 Å². The lowest BCUT2D eigenvalue weighted by molar-refractivity contribution is -0.133. The number of carbonyl (C=O) groups excluding carboxylic acids is 1. The Balaban J connectivity index is 1.21. The maximum Gasteiger partial charge on any atom is 0.258 e. The van der Waals surface area contributed by atoms with E-state index in [0.29, 0.717) is 37.6 Å². The highest BCUT2D eigenvalue weighted by atomic mass is 32.1. The molecule has 7 nitrogen and oxygen atoms in total. The second-order valence-corrected chi connectivity index (χ2v) is 10.0. The lowest BCUT2D eigenvalue weighted by atomic mass is 9.87. The van der Waals surface area contributed by atoms with Gasteiger partial charge in [-0.2, -0.15) is 0 Å². The molecule has 0 saturated carbocycles. The largest absolute Gasteiger partial charge is 0.493 e. The van der Waals surface area contributed by atoms with Gasteiger partial charge in [0.1, 0.15) is 5.75 Å². The minimum atomic E-state index is -0.0480. The standard InChI is InChI=1S/C24H30N4O3S/c1-24(2,3)18-4-6-20(7-5-18)31-14-8-21(29)27-11-9-26(10-12-27)17-19-16-22(30)28-13-15-32-23(28)25-19/h4-7,13,15-16H,8-12,14,17H2,1-3H3. The molecule has 3 heterocycles. The minimum Gasteiger partial charge on any atom is -0.493 e. The Bertz CT molecular complexity index is 1120. The zero-order chi connectivity index (χ0) is 22.7. The van der Waals surface area contributed by atoms with Gasteiger partial charge in [-0.05, 0) is 23.1 Å². The molecule has 32 heavy (non-hydrogen) atoms. The van der Waals surface area contributed by atoms with Crippen molar-refractivity contribution >= 4 is 22.2 Å². The van der Waals surface area contributed by atoms with Crippen molar-refractivity contribution in [3.05, 3.63) is 63.5 Å². The number of aromatic nitrogens is 2. The lowest BCUT2D eigenvalue weighted by Gasteiger charge is -2.34. The molecule has 1 aromatic carbocycles. The molecule has 8 heteroatoms. The molecule has 1 saturated heterocycles. The Morgan fingerprint density at radius 3 is 2.53 bits per heavy atom. The van der Waals surface area contributed by atoms with Crippen LogP contribution < -0.4 is 10.3 Å². The Labute approximate surface area is 192 Å². The normalized spacial score (nSPS) is 15.3. The predicted octanol–water partition coefficient (Wildman–Crippen LogP) is 3.17. The number of thiazole rings is 1. The molecule has 4 rings (SSSR count). The number of nitrogens with zero attached hydrogens (tertiary/aromatic N) is 4. The highest BCUT2D eigenvalue weighted by Gasteiger charge is 2.21. The van der Waals surface area contributed by atoms with Gasteiger partial charge in [0, 0.05) is 50.4 Å². The van der Waals surface area contributed by atoms with Gasteiger partial charge in [0.15, 0.2) is 4.96 Å². The van der Waals surface area contributed by atoms with Gasteiger partial charge in [-0.1, -0.05) is 32.9 Å². The molecule has 0 spiro atoms. The average Bonchev–Trinajstić information content (AvgIpc) is 3.23. The third-order valence-electron chi connectivity index (χ3n) is 5.77. The van der Waals surface area contributed by atoms with E-state index in [-0.39, 0.29) is 16.9 Å². The van der Waals surface area contributed by atoms with Gasteiger partial charge in [-0.25, -0.2) is 4.98 Å². The Kier molecular flexibility index (Phi) is 6.62. The number of fused-ring (bicyclic) bond motifs is 1. The molecule has 0 aliphatic carbocycles. The van der Waals surface area contributed by atoms with E-state index in [9.17, 15) is 9.59 Å². The van der Waals surface area contributed by atoms with Gasteiger partial charge in [0.05, 0.1) is 18.7 Å². The van der Waals surface area contributed by atoms with E-state index >= 15 is 0 Å². The van der Waals surface area contributed by atoms with Gasteiger partial charge < -0.3 is 9.64 Å². The molecular weight excluding hydrogens is 424 g/mol. The first-order valence-electron chi connectivity index (χ1n) is 11.0. The molecule has 2 aromatic heterocycles. The number of hydrogen-bond acceptors (Lipinski definition) is 6. The van der Waals surface area contributed by atoms with Crippen molar-refractivity contribution in [1.82, 2.24) is 19.2 Å². The highest BCUT2D eigenvalue weighted by Crippen LogP contribution is 2.24. The summed E-state index contributed by atoms with van der Waals surface area (Å²) >= 11 is 1.46. The Morgan fingerprint density at radius 1 is 1.12 bits per heavy atom. The van der Waals surface area contributed by atoms with Gasteiger partial charge in [-0.3, -0.25) is 18.9 Å². The van der Waals surface area contributed by atoms with Crippen molar-refractivity contribution < 1.29 is 9.53 Å². The van der Waals surface area contributed by atoms with Crippen LogP contribution >= 0.6 is 11.3 Å². The van der Waals surface area contributed by atoms with Crippen molar-refractivity contribution in [2.45, 2.75) is 39.2 Å². The topological polar surface area (TPSA) is 67.2 Å². The lowest BCUT2D eigenvalue weighted by Crippen LogP contribution is -2.48. The first-order chi connectivity index (χ1) is 15.3. The fourth-order valence-corrected chi connectivity index (χ4v) is 4.56. The molecule has 0 bridgehead atoms. The molecule has 0 N–H and O–H groups in total. The van der Waals surface area contributed by atoms with E-state index in [1.807, 2.05) is 22.4 Å². The maximum atomic E-state index is 12.6. The SMILES string of the molecule is CC(C)(C)c1ccc(OCCC(=O)N2CCN(Cc3cc(=O)n4ccsc4n3)CC2)cc1. The fourth-order valence-electron chi connectivity index (χ4n) is 3.82. The first-order valence-corrected chi connectivity index (χ1v) is 11.9. The zero-order valence-corrected chi connectivity index (χ0v) is 19.7. The molecule has 1 aliphatic heterocycles. The summed E-state index contributed by atoms with van der Waals surface area (Å²) in [5.74, 6) is 0.911. The molecule has 0 atom stereocenters. The summed E-state index contributed by atoms with van der Waals surface area (Å²) in [6, 6.07) is 9.70. The van der Waals surface area contributed by atoms with Crippen molar-refractivity contribution in [3.8, 4) is 5.75 Å². The molecular formula is C24H30N4O3S. The van der Waals surface area contributed by atoms with E-state index in [4.69, 9.17) is 4.74 Å². The van der Waals surface area contributed by atoms with Crippen LogP contribution in [-0.2, 0) is 16.8 Å². The molecule has 1 aliphatic rings. The third-order valence-corrected chi connectivity index (χ3v) is 6.53. The summed E-state index contributed by atoms with van der Waals surface area (Å²) < 4.78 is 7.34. The Hall–Kier alpha value is -2.71. The smallest absolute Gasteiger partial charge is 0.258 e. The number of ether oxygens (including phenoxy) is 1. The van der Waals surface area contributed by atoms with Crippen LogP contribution in [0.4, 0.5) is 0 Å². The van der Waals surface area contributed by atoms with Crippen LogP contribution in [0.15, 0.2) is 46.7 Å². The Morgan fingerprint density at radius 2 is 1.84 bits per heavy atom. The minimum absolute atomic E-state index is 0.0480. The second kappa shape index (κ2) is 9.42. The van der Waals surface area contributed by atoms with Gasteiger partial charge in [-0.15, -0.1) is 11.3 Å². The fraction of sp³-hybridized carbons (Fsp3) is 0.458. The number of amides is 1. The molecule has 3 aromatic rings. The van der Waals surface area contributed by atoms with Crippen molar-refractivity contribution in [3.63, 3.8) is 0 Å². The predicted molar refractivity (Wildman–Crippen MR) is 126 cm³/mol. The summed E-state index contributed by atoms with van der Waals surface area (Å²) in [5, 5.41) is 1.86. The van der Waals surface area contributed by atoms with Gasteiger partial charge in [0.25, 0.3) is 5.56 Å². The third kappa shape index (κ3) is 5.37. The van der Waals surface area contributed by atoms with E-state index in [1.54, 1.807) is 16.7 Å². The quantitative estimate of drug-likeness (QED) is 0.572. The second-order valence-electron chi connectivity index (χ2n) is 9.17. The van der Waals surface area contributed by atoms with Gasteiger partial charge in [0.2, 0.25) is 5.91 Å². The maximum absolute atomic E-state index is 12.6. The monoisotopic (exact) mass is 454 g/mol. The number of rotatable bonds is 6. The van der Waals surface area contributed by atoms with Crippen LogP contribution in [0.5, 0.6) is 5.75 Å². The number of benzene rings is 1. The van der Waals surface area contributed by atoms with Crippen molar-refractivity contribution in [2.75, 3.05) is 32.8 Å². The van der Waals surface area contributed by atoms with Crippen LogP contribution in [0.1, 0.15) is 38.4 Å². The summed E-state index contributed by atoms with van der Waals surface area (Å²) in [4.78, 5) is 34.2. The average molecular weight is 455 g/mol. The first kappa shape index (κ1) is 22.5. The van der Waals surface area contributed by atoms with Crippen LogP contribution in [0.2, 0.25) is 0 Å². The van der Waals surface area contributed by atoms with E-state index in [2.05, 4.69) is 42.8 Å². The molecule has 0 unspecified atom stereocenters. The number of carbonyl (C=O) groups is 1. The molecule has 1 fully saturated rings. The highest BCUT2D eigenvalue weighted by molar-refractivity contribution is 7.15. The summed E-state index contributed by atoms with van der Waals surface area (Å²) in [7, 11) is 0. The van der Waals surface area contributed by atoms with E-state index in [1.165, 1.54) is 16.9 Å². The summed E-state index contributed by atoms with van der Waals surface area (Å²) in [6.45, 7) is 10.4. The van der Waals surface area contributed by atoms with Gasteiger partial charge >= 0.3 is 0 Å². The van der Waals surface area contributed by atoms with Crippen molar-refractivity contribution in [2.24, 2.45) is 0 Å². The van der Waals surface area contributed by atoms with Crippen molar-refractivity contribution in [1.29, 1.82) is 0 Å².